The summed E-state index contributed by atoms with van der Waals surface area (Å²) in [5, 5.41) is 0. The van der Waals surface area contributed by atoms with Gasteiger partial charge in [0.25, 0.3) is 0 Å². The van der Waals surface area contributed by atoms with Crippen LogP contribution in [0.15, 0.2) is 0 Å². The zero-order chi connectivity index (χ0) is 6.85. The molecule has 1 aliphatic heterocycles. The van der Waals surface area contributed by atoms with Crippen molar-refractivity contribution >= 4 is 5.97 Å². The summed E-state index contributed by atoms with van der Waals surface area (Å²) in [7, 11) is 0. The lowest BCUT2D eigenvalue weighted by molar-refractivity contribution is -0.142. The second-order valence-electron chi connectivity index (χ2n) is 2.31. The molecule has 0 aliphatic carbocycles. The summed E-state index contributed by atoms with van der Waals surface area (Å²) < 4.78 is 4.86. The molecule has 9 heavy (non-hydrogen) atoms. The number of hydrogen-bond donors (Lipinski definition) is 1. The molecular formula is C6H11NO2. The van der Waals surface area contributed by atoms with E-state index in [1.54, 1.807) is 0 Å². The minimum Gasteiger partial charge on any atom is -0.461 e. The van der Waals surface area contributed by atoms with Gasteiger partial charge >= 0.3 is 5.97 Å². The average Bonchev–Trinajstić information content (AvgIpc) is 2.13. The van der Waals surface area contributed by atoms with Crippen molar-refractivity contribution in [2.24, 2.45) is 5.73 Å². The number of hydrogen-bond acceptors (Lipinski definition) is 3. The highest BCUT2D eigenvalue weighted by atomic mass is 16.6. The molecule has 1 rings (SSSR count). The van der Waals surface area contributed by atoms with E-state index in [0.717, 1.165) is 6.42 Å². The highest BCUT2D eigenvalue weighted by Gasteiger charge is 2.29. The molecule has 0 aromatic rings. The van der Waals surface area contributed by atoms with E-state index in [1.807, 2.05) is 6.92 Å². The van der Waals surface area contributed by atoms with Gasteiger partial charge in [0.05, 0.1) is 0 Å². The molecule has 0 aromatic heterocycles. The fourth-order valence-electron chi connectivity index (χ4n) is 0.929. The Balaban J connectivity index is 2.44. The third-order valence-corrected chi connectivity index (χ3v) is 1.56. The van der Waals surface area contributed by atoms with Crippen molar-refractivity contribution in [3.8, 4) is 0 Å². The van der Waals surface area contributed by atoms with Gasteiger partial charge in [0.2, 0.25) is 0 Å². The SMILES string of the molecule is CC[C@@H]1C[C@@H](N)C(=O)O1. The highest BCUT2D eigenvalue weighted by molar-refractivity contribution is 5.77. The predicted octanol–water partition coefficient (Wildman–Crippen LogP) is 0.0392. The van der Waals surface area contributed by atoms with Crippen molar-refractivity contribution < 1.29 is 9.53 Å². The standard InChI is InChI=1S/C6H11NO2/c1-2-4-3-5(7)6(8)9-4/h4-5H,2-3,7H2,1H3/t4-,5-/m1/s1. The molecule has 2 atom stereocenters. The Labute approximate surface area is 54.2 Å². The Morgan fingerprint density at radius 2 is 2.56 bits per heavy atom. The van der Waals surface area contributed by atoms with Crippen LogP contribution in [0.2, 0.25) is 0 Å². The van der Waals surface area contributed by atoms with Crippen LogP contribution < -0.4 is 5.73 Å². The number of nitrogens with two attached hydrogens (primary N) is 1. The number of carbonyl (C=O) groups is 1. The summed E-state index contributed by atoms with van der Waals surface area (Å²) in [4.78, 5) is 10.6. The Hall–Kier alpha value is -0.570. The van der Waals surface area contributed by atoms with Crippen LogP contribution in [0.3, 0.4) is 0 Å². The van der Waals surface area contributed by atoms with E-state index in [2.05, 4.69) is 0 Å². The molecule has 3 heteroatoms. The quantitative estimate of drug-likeness (QED) is 0.508. The Morgan fingerprint density at radius 3 is 2.78 bits per heavy atom. The Morgan fingerprint density at radius 1 is 1.89 bits per heavy atom. The summed E-state index contributed by atoms with van der Waals surface area (Å²) in [5.41, 5.74) is 5.37. The van der Waals surface area contributed by atoms with Gasteiger partial charge in [-0.15, -0.1) is 0 Å². The van der Waals surface area contributed by atoms with Crippen LogP contribution in [0, 0.1) is 0 Å². The Kier molecular flexibility index (Phi) is 1.71. The number of esters is 1. The second kappa shape index (κ2) is 2.35. The third-order valence-electron chi connectivity index (χ3n) is 1.56. The summed E-state index contributed by atoms with van der Waals surface area (Å²) >= 11 is 0. The maximum absolute atomic E-state index is 10.6. The van der Waals surface area contributed by atoms with E-state index < -0.39 is 0 Å². The van der Waals surface area contributed by atoms with Crippen molar-refractivity contribution in [3.05, 3.63) is 0 Å². The number of ether oxygens (including phenoxy) is 1. The highest BCUT2D eigenvalue weighted by Crippen LogP contribution is 2.14. The molecule has 0 aromatic carbocycles. The van der Waals surface area contributed by atoms with Crippen LogP contribution in [0.4, 0.5) is 0 Å². The van der Waals surface area contributed by atoms with Gasteiger partial charge in [-0.25, -0.2) is 0 Å². The molecule has 0 bridgehead atoms. The fraction of sp³-hybridized carbons (Fsp3) is 0.833. The molecule has 1 fully saturated rings. The zero-order valence-corrected chi connectivity index (χ0v) is 5.46. The first kappa shape index (κ1) is 6.55. The van der Waals surface area contributed by atoms with Crippen LogP contribution in [0.1, 0.15) is 19.8 Å². The van der Waals surface area contributed by atoms with E-state index in [-0.39, 0.29) is 18.1 Å². The molecule has 0 unspecified atom stereocenters. The summed E-state index contributed by atoms with van der Waals surface area (Å²) in [6.45, 7) is 1.98. The fourth-order valence-corrected chi connectivity index (χ4v) is 0.929. The van der Waals surface area contributed by atoms with Crippen molar-refractivity contribution in [2.75, 3.05) is 0 Å². The van der Waals surface area contributed by atoms with Crippen LogP contribution in [-0.2, 0) is 9.53 Å². The molecule has 1 saturated heterocycles. The van der Waals surface area contributed by atoms with Crippen LogP contribution in [0.5, 0.6) is 0 Å². The molecule has 0 amide bonds. The van der Waals surface area contributed by atoms with Crippen molar-refractivity contribution in [1.29, 1.82) is 0 Å². The van der Waals surface area contributed by atoms with Gasteiger partial charge in [-0.05, 0) is 6.42 Å². The molecule has 3 nitrogen and oxygen atoms in total. The van der Waals surface area contributed by atoms with Gasteiger partial charge in [0.15, 0.2) is 0 Å². The average molecular weight is 129 g/mol. The van der Waals surface area contributed by atoms with Gasteiger partial charge in [0, 0.05) is 6.42 Å². The van der Waals surface area contributed by atoms with Crippen molar-refractivity contribution in [1.82, 2.24) is 0 Å². The topological polar surface area (TPSA) is 52.3 Å². The lowest BCUT2D eigenvalue weighted by atomic mass is 10.1. The van der Waals surface area contributed by atoms with E-state index in [0.29, 0.717) is 6.42 Å². The molecule has 1 heterocycles. The maximum Gasteiger partial charge on any atom is 0.323 e. The molecule has 0 radical (unpaired) electrons. The van der Waals surface area contributed by atoms with Gasteiger partial charge in [-0.1, -0.05) is 6.92 Å². The van der Waals surface area contributed by atoms with Gasteiger partial charge in [-0.3, -0.25) is 4.79 Å². The van der Waals surface area contributed by atoms with Crippen LogP contribution >= 0.6 is 0 Å². The summed E-state index contributed by atoms with van der Waals surface area (Å²) in [6, 6.07) is -0.366. The molecule has 2 N–H and O–H groups in total. The van der Waals surface area contributed by atoms with Gasteiger partial charge in [-0.2, -0.15) is 0 Å². The summed E-state index contributed by atoms with van der Waals surface area (Å²) in [6.07, 6.45) is 1.64. The number of carbonyl (C=O) groups excluding carboxylic acids is 1. The predicted molar refractivity (Wildman–Crippen MR) is 32.8 cm³/mol. The first-order chi connectivity index (χ1) is 4.24. The first-order valence-electron chi connectivity index (χ1n) is 3.20. The van der Waals surface area contributed by atoms with Crippen LogP contribution in [-0.4, -0.2) is 18.1 Å². The monoisotopic (exact) mass is 129 g/mol. The normalized spacial score (nSPS) is 34.7. The second-order valence-corrected chi connectivity index (χ2v) is 2.31. The molecule has 52 valence electrons. The third kappa shape index (κ3) is 1.21. The van der Waals surface area contributed by atoms with E-state index in [4.69, 9.17) is 10.5 Å². The lowest BCUT2D eigenvalue weighted by Gasteiger charge is -2.01. The van der Waals surface area contributed by atoms with Gasteiger partial charge < -0.3 is 10.5 Å². The molecular weight excluding hydrogens is 118 g/mol. The van der Waals surface area contributed by atoms with E-state index in [1.165, 1.54) is 0 Å². The summed E-state index contributed by atoms with van der Waals surface area (Å²) in [5.74, 6) is -0.248. The lowest BCUT2D eigenvalue weighted by Crippen LogP contribution is -2.24. The first-order valence-corrected chi connectivity index (χ1v) is 3.20. The number of cyclic esters (lactones) is 1. The largest absolute Gasteiger partial charge is 0.461 e. The molecule has 0 spiro atoms. The van der Waals surface area contributed by atoms with Crippen molar-refractivity contribution in [2.45, 2.75) is 31.9 Å². The minimum absolute atomic E-state index is 0.0764. The van der Waals surface area contributed by atoms with E-state index in [9.17, 15) is 4.79 Å². The van der Waals surface area contributed by atoms with Gasteiger partial charge in [0.1, 0.15) is 12.1 Å². The Bertz CT molecular complexity index is 124. The molecule has 1 aliphatic rings. The van der Waals surface area contributed by atoms with Crippen molar-refractivity contribution in [3.63, 3.8) is 0 Å². The smallest absolute Gasteiger partial charge is 0.323 e. The molecule has 0 saturated carbocycles. The van der Waals surface area contributed by atoms with E-state index >= 15 is 0 Å². The van der Waals surface area contributed by atoms with Crippen LogP contribution in [0.25, 0.3) is 0 Å². The maximum atomic E-state index is 10.6. The minimum atomic E-state index is -0.366. The number of rotatable bonds is 1. The zero-order valence-electron chi connectivity index (χ0n) is 5.46.